The van der Waals surface area contributed by atoms with Crippen LogP contribution in [0.15, 0.2) is 29.8 Å². The Kier molecular flexibility index (Phi) is 3.83. The molecule has 0 saturated heterocycles. The summed E-state index contributed by atoms with van der Waals surface area (Å²) in [6, 6.07) is 6.64. The number of nitrogens with zero attached hydrogens (tertiary/aromatic N) is 3. The summed E-state index contributed by atoms with van der Waals surface area (Å²) in [4.78, 5) is 9.33. The number of aryl methyl sites for hydroxylation is 1. The largest absolute Gasteiger partial charge is 0.331 e. The van der Waals surface area contributed by atoms with Gasteiger partial charge in [0.15, 0.2) is 0 Å². The van der Waals surface area contributed by atoms with Gasteiger partial charge in [-0.2, -0.15) is 0 Å². The van der Waals surface area contributed by atoms with Crippen molar-refractivity contribution in [3.05, 3.63) is 46.2 Å². The molecule has 0 aliphatic carbocycles. The van der Waals surface area contributed by atoms with Crippen molar-refractivity contribution in [1.82, 2.24) is 14.5 Å². The molecular formula is C19H25N3S. The lowest BCUT2D eigenvalue weighted by molar-refractivity contribution is 0.518. The van der Waals surface area contributed by atoms with Gasteiger partial charge < -0.3 is 4.57 Å². The summed E-state index contributed by atoms with van der Waals surface area (Å²) in [6.07, 6.45) is 2.87. The summed E-state index contributed by atoms with van der Waals surface area (Å²) in [5, 5.41) is 3.25. The Morgan fingerprint density at radius 1 is 1.13 bits per heavy atom. The van der Waals surface area contributed by atoms with Crippen molar-refractivity contribution in [3.63, 3.8) is 0 Å². The predicted molar refractivity (Wildman–Crippen MR) is 98.3 cm³/mol. The SMILES string of the molecule is Cn1c(C(C)(C)C)nc2ccc(CC(C)(C)c3nccs3)cc21. The Morgan fingerprint density at radius 3 is 2.48 bits per heavy atom. The second-order valence-corrected chi connectivity index (χ2v) is 8.86. The van der Waals surface area contributed by atoms with Crippen LogP contribution in [-0.2, 0) is 24.3 Å². The molecule has 4 heteroatoms. The zero-order chi connectivity index (χ0) is 16.8. The molecule has 3 aromatic rings. The normalized spacial score (nSPS) is 13.0. The topological polar surface area (TPSA) is 30.7 Å². The molecule has 23 heavy (non-hydrogen) atoms. The van der Waals surface area contributed by atoms with E-state index in [9.17, 15) is 0 Å². The molecular weight excluding hydrogens is 302 g/mol. The van der Waals surface area contributed by atoms with Crippen LogP contribution in [0.5, 0.6) is 0 Å². The zero-order valence-corrected chi connectivity index (χ0v) is 15.7. The van der Waals surface area contributed by atoms with E-state index in [0.29, 0.717) is 0 Å². The van der Waals surface area contributed by atoms with E-state index in [1.807, 2.05) is 6.20 Å². The minimum absolute atomic E-state index is 0.0489. The third kappa shape index (κ3) is 3.05. The lowest BCUT2D eigenvalue weighted by atomic mass is 9.86. The van der Waals surface area contributed by atoms with E-state index in [-0.39, 0.29) is 10.8 Å². The van der Waals surface area contributed by atoms with E-state index in [4.69, 9.17) is 4.98 Å². The van der Waals surface area contributed by atoms with Crippen LogP contribution in [0.2, 0.25) is 0 Å². The second kappa shape index (κ2) is 5.45. The van der Waals surface area contributed by atoms with Gasteiger partial charge in [-0.05, 0) is 24.1 Å². The van der Waals surface area contributed by atoms with Crippen molar-refractivity contribution in [3.8, 4) is 0 Å². The average molecular weight is 327 g/mol. The highest BCUT2D eigenvalue weighted by molar-refractivity contribution is 7.09. The Hall–Kier alpha value is -1.68. The molecule has 2 aromatic heterocycles. The summed E-state index contributed by atoms with van der Waals surface area (Å²) in [7, 11) is 2.12. The van der Waals surface area contributed by atoms with Gasteiger partial charge in [0, 0.05) is 29.5 Å². The number of rotatable bonds is 3. The van der Waals surface area contributed by atoms with E-state index in [1.165, 1.54) is 16.1 Å². The smallest absolute Gasteiger partial charge is 0.115 e. The van der Waals surface area contributed by atoms with Crippen LogP contribution in [0.25, 0.3) is 11.0 Å². The van der Waals surface area contributed by atoms with Crippen LogP contribution in [-0.4, -0.2) is 14.5 Å². The van der Waals surface area contributed by atoms with Crippen LogP contribution in [0.1, 0.15) is 51.0 Å². The first-order valence-electron chi connectivity index (χ1n) is 8.04. The zero-order valence-electron chi connectivity index (χ0n) is 14.8. The van der Waals surface area contributed by atoms with E-state index in [1.54, 1.807) is 11.3 Å². The predicted octanol–water partition coefficient (Wildman–Crippen LogP) is 4.85. The molecule has 0 N–H and O–H groups in total. The summed E-state index contributed by atoms with van der Waals surface area (Å²) in [5.41, 5.74) is 3.72. The number of fused-ring (bicyclic) bond motifs is 1. The molecule has 0 bridgehead atoms. The average Bonchev–Trinajstić information content (AvgIpc) is 3.07. The molecule has 1 aromatic carbocycles. The molecule has 2 heterocycles. The fourth-order valence-electron chi connectivity index (χ4n) is 3.16. The van der Waals surface area contributed by atoms with Gasteiger partial charge in [-0.25, -0.2) is 9.97 Å². The molecule has 3 nitrogen and oxygen atoms in total. The number of benzene rings is 1. The van der Waals surface area contributed by atoms with Crippen LogP contribution < -0.4 is 0 Å². The third-order valence-corrected chi connectivity index (χ3v) is 5.41. The molecule has 3 rings (SSSR count). The van der Waals surface area contributed by atoms with Crippen molar-refractivity contribution in [2.45, 2.75) is 51.9 Å². The van der Waals surface area contributed by atoms with E-state index < -0.39 is 0 Å². The van der Waals surface area contributed by atoms with Gasteiger partial charge in [-0.15, -0.1) is 11.3 Å². The Labute approximate surface area is 142 Å². The van der Waals surface area contributed by atoms with Crippen LogP contribution >= 0.6 is 11.3 Å². The Morgan fingerprint density at radius 2 is 1.87 bits per heavy atom. The molecule has 0 saturated carbocycles. The standard InChI is InChI=1S/C19H25N3S/c1-18(2,3)16-21-14-8-7-13(11-15(14)22(16)6)12-19(4,5)17-20-9-10-23-17/h7-11H,12H2,1-6H3. The first-order chi connectivity index (χ1) is 10.7. The van der Waals surface area contributed by atoms with E-state index >= 15 is 0 Å². The van der Waals surface area contributed by atoms with Gasteiger partial charge in [-0.3, -0.25) is 0 Å². The fourth-order valence-corrected chi connectivity index (χ4v) is 3.92. The van der Waals surface area contributed by atoms with Gasteiger partial charge >= 0.3 is 0 Å². The molecule has 0 amide bonds. The lowest BCUT2D eigenvalue weighted by Gasteiger charge is -2.22. The number of hydrogen-bond acceptors (Lipinski definition) is 3. The van der Waals surface area contributed by atoms with Crippen molar-refractivity contribution < 1.29 is 0 Å². The van der Waals surface area contributed by atoms with Gasteiger partial charge in [0.1, 0.15) is 5.82 Å². The highest BCUT2D eigenvalue weighted by Gasteiger charge is 2.25. The first-order valence-corrected chi connectivity index (χ1v) is 8.92. The fraction of sp³-hybridized carbons (Fsp3) is 0.474. The molecule has 0 radical (unpaired) electrons. The molecule has 0 aliphatic heterocycles. The molecule has 0 unspecified atom stereocenters. The summed E-state index contributed by atoms with van der Waals surface area (Å²) < 4.78 is 2.23. The van der Waals surface area contributed by atoms with Crippen LogP contribution in [0.3, 0.4) is 0 Å². The van der Waals surface area contributed by atoms with Gasteiger partial charge in [-0.1, -0.05) is 40.7 Å². The Bertz CT molecular complexity index is 820. The molecule has 122 valence electrons. The first kappa shape index (κ1) is 16.2. The number of thiazole rings is 1. The maximum Gasteiger partial charge on any atom is 0.115 e. The van der Waals surface area contributed by atoms with Crippen molar-refractivity contribution >= 4 is 22.4 Å². The van der Waals surface area contributed by atoms with Gasteiger partial charge in [0.05, 0.1) is 16.0 Å². The quantitative estimate of drug-likeness (QED) is 0.688. The van der Waals surface area contributed by atoms with Crippen LogP contribution in [0.4, 0.5) is 0 Å². The van der Waals surface area contributed by atoms with E-state index in [0.717, 1.165) is 17.8 Å². The lowest BCUT2D eigenvalue weighted by Crippen LogP contribution is -2.20. The summed E-state index contributed by atoms with van der Waals surface area (Å²) in [6.45, 7) is 11.2. The second-order valence-electron chi connectivity index (χ2n) is 7.97. The van der Waals surface area contributed by atoms with Crippen molar-refractivity contribution in [2.75, 3.05) is 0 Å². The highest BCUT2D eigenvalue weighted by Crippen LogP contribution is 2.31. The molecule has 0 spiro atoms. The minimum Gasteiger partial charge on any atom is -0.331 e. The summed E-state index contributed by atoms with van der Waals surface area (Å²) in [5.74, 6) is 1.13. The minimum atomic E-state index is 0.0489. The highest BCUT2D eigenvalue weighted by atomic mass is 32.1. The maximum absolute atomic E-state index is 4.82. The molecule has 0 fully saturated rings. The third-order valence-electron chi connectivity index (χ3n) is 4.27. The number of hydrogen-bond donors (Lipinski definition) is 0. The van der Waals surface area contributed by atoms with Crippen molar-refractivity contribution in [2.24, 2.45) is 7.05 Å². The summed E-state index contributed by atoms with van der Waals surface area (Å²) >= 11 is 1.73. The monoisotopic (exact) mass is 327 g/mol. The van der Waals surface area contributed by atoms with Crippen LogP contribution in [0, 0.1) is 0 Å². The van der Waals surface area contributed by atoms with Gasteiger partial charge in [0.25, 0.3) is 0 Å². The molecule has 0 aliphatic rings. The Balaban J connectivity index is 1.99. The molecule has 0 atom stereocenters. The number of imidazole rings is 1. The number of aromatic nitrogens is 3. The van der Waals surface area contributed by atoms with E-state index in [2.05, 4.69) is 74.8 Å². The maximum atomic E-state index is 4.82. The van der Waals surface area contributed by atoms with Crippen molar-refractivity contribution in [1.29, 1.82) is 0 Å². The van der Waals surface area contributed by atoms with Gasteiger partial charge in [0.2, 0.25) is 0 Å².